The minimum atomic E-state index is -0.332. The molecule has 0 aromatic heterocycles. The van der Waals surface area contributed by atoms with Crippen molar-refractivity contribution in [2.24, 2.45) is 0 Å². The number of rotatable bonds is 3. The zero-order valence-electron chi connectivity index (χ0n) is 10.9. The topological polar surface area (TPSA) is 50.8 Å². The Morgan fingerprint density at radius 2 is 2.39 bits per heavy atom. The van der Waals surface area contributed by atoms with Gasteiger partial charge in [0.2, 0.25) is 0 Å². The van der Waals surface area contributed by atoms with E-state index in [1.807, 2.05) is 26.2 Å². The second-order valence-electron chi connectivity index (χ2n) is 4.31. The number of likely N-dealkylation sites (N-methyl/N-ethyl adjacent to an activating group) is 2. The first-order valence-electron chi connectivity index (χ1n) is 5.90. The molecule has 1 aliphatic heterocycles. The summed E-state index contributed by atoms with van der Waals surface area (Å²) in [7, 11) is 5.30. The number of anilines is 1. The van der Waals surface area contributed by atoms with Crippen molar-refractivity contribution in [1.29, 1.82) is 0 Å². The van der Waals surface area contributed by atoms with E-state index >= 15 is 0 Å². The lowest BCUT2D eigenvalue weighted by Gasteiger charge is -2.35. The molecule has 98 valence electrons. The normalized spacial score (nSPS) is 17.9. The summed E-state index contributed by atoms with van der Waals surface area (Å²) in [5.41, 5.74) is 1.46. The molecule has 0 spiro atoms. The molecule has 1 aromatic carbocycles. The molecule has 0 fully saturated rings. The van der Waals surface area contributed by atoms with Crippen LogP contribution in [0.3, 0.4) is 0 Å². The molecule has 5 nitrogen and oxygen atoms in total. The highest BCUT2D eigenvalue weighted by Gasteiger charge is 2.25. The molecule has 0 saturated heterocycles. The number of esters is 1. The molecule has 5 heteroatoms. The summed E-state index contributed by atoms with van der Waals surface area (Å²) in [5.74, 6) is 0.472. The van der Waals surface area contributed by atoms with E-state index in [2.05, 4.69) is 10.2 Å². The molecule has 0 saturated carbocycles. The summed E-state index contributed by atoms with van der Waals surface area (Å²) in [6.45, 7) is 1.47. The second-order valence-corrected chi connectivity index (χ2v) is 4.31. The summed E-state index contributed by atoms with van der Waals surface area (Å²) in [5, 5.41) is 3.13. The van der Waals surface area contributed by atoms with Crippen LogP contribution < -0.4 is 15.0 Å². The van der Waals surface area contributed by atoms with Crippen molar-refractivity contribution < 1.29 is 14.3 Å². The molecule has 18 heavy (non-hydrogen) atoms. The first-order valence-corrected chi connectivity index (χ1v) is 5.90. The molecule has 1 unspecified atom stereocenters. The van der Waals surface area contributed by atoms with Gasteiger partial charge in [0.05, 0.1) is 24.4 Å². The molecule has 0 bridgehead atoms. The fourth-order valence-electron chi connectivity index (χ4n) is 2.09. The van der Waals surface area contributed by atoms with Gasteiger partial charge in [-0.05, 0) is 25.2 Å². The third kappa shape index (κ3) is 2.26. The number of carbonyl (C=O) groups excluding carboxylic acids is 1. The second kappa shape index (κ2) is 5.27. The highest BCUT2D eigenvalue weighted by atomic mass is 16.5. The zero-order valence-corrected chi connectivity index (χ0v) is 10.9. The van der Waals surface area contributed by atoms with Crippen LogP contribution in [0.5, 0.6) is 5.75 Å². The molecule has 0 amide bonds. The van der Waals surface area contributed by atoms with Crippen LogP contribution in [-0.4, -0.2) is 46.4 Å². The van der Waals surface area contributed by atoms with Gasteiger partial charge in [0.15, 0.2) is 0 Å². The molecule has 1 N–H and O–H groups in total. The fraction of sp³-hybridized carbons (Fsp3) is 0.462. The van der Waals surface area contributed by atoms with Crippen LogP contribution in [0.25, 0.3) is 0 Å². The summed E-state index contributed by atoms with van der Waals surface area (Å²) >= 11 is 0. The van der Waals surface area contributed by atoms with E-state index in [9.17, 15) is 4.79 Å². The summed E-state index contributed by atoms with van der Waals surface area (Å²) in [6.07, 6.45) is 0. The lowest BCUT2D eigenvalue weighted by molar-refractivity contribution is 0.0600. The minimum Gasteiger partial charge on any atom is -0.489 e. The van der Waals surface area contributed by atoms with Crippen molar-refractivity contribution in [3.05, 3.63) is 23.8 Å². The number of methoxy groups -OCH3 is 1. The van der Waals surface area contributed by atoms with Crippen molar-refractivity contribution in [2.45, 2.75) is 6.04 Å². The molecule has 1 heterocycles. The maximum atomic E-state index is 11.5. The highest BCUT2D eigenvalue weighted by Crippen LogP contribution is 2.33. The Labute approximate surface area is 107 Å². The quantitative estimate of drug-likeness (QED) is 0.807. The average Bonchev–Trinajstić information content (AvgIpc) is 2.41. The maximum absolute atomic E-state index is 11.5. The lowest BCUT2D eigenvalue weighted by Crippen LogP contribution is -2.46. The van der Waals surface area contributed by atoms with Crippen LogP contribution in [0.15, 0.2) is 18.2 Å². The van der Waals surface area contributed by atoms with Gasteiger partial charge < -0.3 is 19.7 Å². The Balaban J connectivity index is 2.30. The van der Waals surface area contributed by atoms with E-state index in [0.29, 0.717) is 12.2 Å². The monoisotopic (exact) mass is 250 g/mol. The van der Waals surface area contributed by atoms with Crippen LogP contribution in [0.1, 0.15) is 10.4 Å². The summed E-state index contributed by atoms with van der Waals surface area (Å²) in [4.78, 5) is 13.6. The van der Waals surface area contributed by atoms with Crippen molar-refractivity contribution in [1.82, 2.24) is 5.32 Å². The maximum Gasteiger partial charge on any atom is 0.337 e. The lowest BCUT2D eigenvalue weighted by atomic mass is 10.1. The van der Waals surface area contributed by atoms with E-state index in [1.54, 1.807) is 6.07 Å². The van der Waals surface area contributed by atoms with E-state index in [1.165, 1.54) is 7.11 Å². The molecular weight excluding hydrogens is 232 g/mol. The number of nitrogens with one attached hydrogen (secondary N) is 1. The molecule has 0 radical (unpaired) electrons. The number of hydrogen-bond acceptors (Lipinski definition) is 5. The molecular formula is C13H18N2O3. The number of benzene rings is 1. The predicted octanol–water partition coefficient (Wildman–Crippen LogP) is 0.890. The van der Waals surface area contributed by atoms with E-state index in [-0.39, 0.29) is 12.0 Å². The standard InChI is InChI=1S/C13H18N2O3/c1-14-7-10-8-18-12-5-4-9(13(16)17-3)6-11(12)15(10)2/h4-6,10,14H,7-8H2,1-3H3. The largest absolute Gasteiger partial charge is 0.489 e. The van der Waals surface area contributed by atoms with Crippen molar-refractivity contribution in [3.63, 3.8) is 0 Å². The predicted molar refractivity (Wildman–Crippen MR) is 69.4 cm³/mol. The third-order valence-electron chi connectivity index (χ3n) is 3.18. The van der Waals surface area contributed by atoms with Crippen LogP contribution in [0.4, 0.5) is 5.69 Å². The Kier molecular flexibility index (Phi) is 3.72. The molecule has 1 atom stereocenters. The molecule has 1 aromatic rings. The Hall–Kier alpha value is -1.75. The number of hydrogen-bond donors (Lipinski definition) is 1. The number of carbonyl (C=O) groups is 1. The summed E-state index contributed by atoms with van der Waals surface area (Å²) < 4.78 is 10.4. The van der Waals surface area contributed by atoms with Crippen molar-refractivity contribution in [3.8, 4) is 5.75 Å². The van der Waals surface area contributed by atoms with Gasteiger partial charge in [-0.25, -0.2) is 4.79 Å². The van der Waals surface area contributed by atoms with Crippen LogP contribution in [0, 0.1) is 0 Å². The van der Waals surface area contributed by atoms with Gasteiger partial charge in [0, 0.05) is 13.6 Å². The van der Waals surface area contributed by atoms with Gasteiger partial charge in [0.25, 0.3) is 0 Å². The molecule has 0 aliphatic carbocycles. The van der Waals surface area contributed by atoms with Gasteiger partial charge in [0.1, 0.15) is 12.4 Å². The van der Waals surface area contributed by atoms with Gasteiger partial charge in [-0.3, -0.25) is 0 Å². The van der Waals surface area contributed by atoms with Crippen LogP contribution >= 0.6 is 0 Å². The van der Waals surface area contributed by atoms with E-state index in [4.69, 9.17) is 9.47 Å². The first-order chi connectivity index (χ1) is 8.67. The van der Waals surface area contributed by atoms with E-state index < -0.39 is 0 Å². The van der Waals surface area contributed by atoms with E-state index in [0.717, 1.165) is 18.0 Å². The van der Waals surface area contributed by atoms with Gasteiger partial charge in [-0.1, -0.05) is 0 Å². The fourth-order valence-corrected chi connectivity index (χ4v) is 2.09. The highest BCUT2D eigenvalue weighted by molar-refractivity contribution is 5.91. The first kappa shape index (κ1) is 12.7. The SMILES string of the molecule is CNCC1COc2ccc(C(=O)OC)cc2N1C. The molecule has 1 aliphatic rings. The number of ether oxygens (including phenoxy) is 2. The Bertz CT molecular complexity index is 448. The van der Waals surface area contributed by atoms with Crippen molar-refractivity contribution in [2.75, 3.05) is 39.3 Å². The molecule has 2 rings (SSSR count). The van der Waals surface area contributed by atoms with Gasteiger partial charge in [-0.15, -0.1) is 0 Å². The van der Waals surface area contributed by atoms with Crippen LogP contribution in [0.2, 0.25) is 0 Å². The van der Waals surface area contributed by atoms with Gasteiger partial charge in [-0.2, -0.15) is 0 Å². The minimum absolute atomic E-state index is 0.260. The van der Waals surface area contributed by atoms with Crippen LogP contribution in [-0.2, 0) is 4.74 Å². The zero-order chi connectivity index (χ0) is 13.1. The Morgan fingerprint density at radius 3 is 3.06 bits per heavy atom. The summed E-state index contributed by atoms with van der Waals surface area (Å²) in [6, 6.07) is 5.60. The third-order valence-corrected chi connectivity index (χ3v) is 3.18. The number of fused-ring (bicyclic) bond motifs is 1. The Morgan fingerprint density at radius 1 is 1.61 bits per heavy atom. The van der Waals surface area contributed by atoms with Gasteiger partial charge >= 0.3 is 5.97 Å². The number of nitrogens with zero attached hydrogens (tertiary/aromatic N) is 1. The average molecular weight is 250 g/mol. The smallest absolute Gasteiger partial charge is 0.337 e. The van der Waals surface area contributed by atoms with Crippen molar-refractivity contribution >= 4 is 11.7 Å².